The number of pyridine rings is 1. The Kier molecular flexibility index (Phi) is 5.86. The summed E-state index contributed by atoms with van der Waals surface area (Å²) in [5.41, 5.74) is 4.86. The first-order valence-corrected chi connectivity index (χ1v) is 11.6. The Morgan fingerprint density at radius 2 is 2.03 bits per heavy atom. The fourth-order valence-electron chi connectivity index (χ4n) is 4.31. The predicted molar refractivity (Wildman–Crippen MR) is 128 cm³/mol. The lowest BCUT2D eigenvalue weighted by molar-refractivity contribution is 0.0785. The second-order valence-corrected chi connectivity index (χ2v) is 9.54. The van der Waals surface area contributed by atoms with Crippen LogP contribution < -0.4 is 10.6 Å². The zero-order valence-electron chi connectivity index (χ0n) is 19.4. The Balaban J connectivity index is 1.37. The van der Waals surface area contributed by atoms with E-state index < -0.39 is 5.60 Å². The molecule has 9 heteroatoms. The molecule has 33 heavy (non-hydrogen) atoms. The third-order valence-corrected chi connectivity index (χ3v) is 6.18. The van der Waals surface area contributed by atoms with Gasteiger partial charge in [-0.15, -0.1) is 5.10 Å². The molecule has 0 spiro atoms. The van der Waals surface area contributed by atoms with Crippen LogP contribution in [-0.2, 0) is 11.2 Å². The summed E-state index contributed by atoms with van der Waals surface area (Å²) in [6.07, 6.45) is 6.45. The van der Waals surface area contributed by atoms with Gasteiger partial charge in [0.25, 0.3) is 0 Å². The Labute approximate surface area is 193 Å². The van der Waals surface area contributed by atoms with Crippen LogP contribution in [0.15, 0.2) is 35.6 Å². The molecule has 3 N–H and O–H groups in total. The average molecular weight is 450 g/mol. The van der Waals surface area contributed by atoms with E-state index in [4.69, 9.17) is 14.7 Å². The zero-order valence-corrected chi connectivity index (χ0v) is 19.4. The second kappa shape index (κ2) is 8.81. The van der Waals surface area contributed by atoms with Crippen LogP contribution in [0.5, 0.6) is 0 Å². The molecule has 1 unspecified atom stereocenters. The molecule has 0 bridgehead atoms. The van der Waals surface area contributed by atoms with E-state index in [0.29, 0.717) is 18.5 Å². The third kappa shape index (κ3) is 4.90. The van der Waals surface area contributed by atoms with Crippen molar-refractivity contribution in [1.82, 2.24) is 24.9 Å². The molecule has 0 radical (unpaired) electrons. The van der Waals surface area contributed by atoms with Gasteiger partial charge in [0.1, 0.15) is 0 Å². The number of hydrogen-bond donors (Lipinski definition) is 3. The Bertz CT molecular complexity index is 1180. The smallest absolute Gasteiger partial charge is 0.241 e. The molecule has 1 saturated heterocycles. The summed E-state index contributed by atoms with van der Waals surface area (Å²) in [4.78, 5) is 14.2. The fraction of sp³-hybridized carbons (Fsp3) is 0.500. The minimum Gasteiger partial charge on any atom is -0.389 e. The van der Waals surface area contributed by atoms with E-state index in [9.17, 15) is 5.11 Å². The third-order valence-electron chi connectivity index (χ3n) is 6.18. The number of hydrogen-bond acceptors (Lipinski definition) is 8. The van der Waals surface area contributed by atoms with Gasteiger partial charge < -0.3 is 20.5 Å². The first-order chi connectivity index (χ1) is 15.9. The number of ether oxygens (including phenoxy) is 1. The van der Waals surface area contributed by atoms with Crippen molar-refractivity contribution in [3.05, 3.63) is 36.3 Å². The summed E-state index contributed by atoms with van der Waals surface area (Å²) in [6.45, 7) is 7.65. The number of anilines is 1. The van der Waals surface area contributed by atoms with Crippen LogP contribution in [0.4, 0.5) is 11.6 Å². The van der Waals surface area contributed by atoms with Crippen molar-refractivity contribution in [2.24, 2.45) is 4.99 Å². The van der Waals surface area contributed by atoms with Gasteiger partial charge in [-0.3, -0.25) is 9.98 Å². The van der Waals surface area contributed by atoms with Crippen molar-refractivity contribution < 1.29 is 9.84 Å². The van der Waals surface area contributed by atoms with Crippen molar-refractivity contribution in [2.45, 2.75) is 57.7 Å². The molecule has 9 nitrogen and oxygen atoms in total. The van der Waals surface area contributed by atoms with Gasteiger partial charge in [0.15, 0.2) is 0 Å². The summed E-state index contributed by atoms with van der Waals surface area (Å²) < 4.78 is 7.27. The molecule has 5 heterocycles. The van der Waals surface area contributed by atoms with Crippen LogP contribution in [-0.4, -0.2) is 67.8 Å². The molecule has 0 saturated carbocycles. The van der Waals surface area contributed by atoms with Gasteiger partial charge in [-0.1, -0.05) is 0 Å². The predicted octanol–water partition coefficient (Wildman–Crippen LogP) is 2.76. The highest BCUT2D eigenvalue weighted by Crippen LogP contribution is 2.30. The monoisotopic (exact) mass is 449 g/mol. The van der Waals surface area contributed by atoms with Crippen molar-refractivity contribution in [3.8, 4) is 11.3 Å². The molecule has 3 aromatic heterocycles. The van der Waals surface area contributed by atoms with Gasteiger partial charge in [0.2, 0.25) is 5.95 Å². The molecule has 0 aliphatic carbocycles. The molecular formula is C24H31N7O2. The Hall–Kier alpha value is -2.88. The average Bonchev–Trinajstić information content (AvgIpc) is 3.21. The van der Waals surface area contributed by atoms with Crippen LogP contribution in [0, 0.1) is 0 Å². The van der Waals surface area contributed by atoms with E-state index in [0.717, 1.165) is 66.3 Å². The van der Waals surface area contributed by atoms with Gasteiger partial charge in [0, 0.05) is 49.7 Å². The first kappa shape index (κ1) is 21.9. The van der Waals surface area contributed by atoms with Crippen molar-refractivity contribution in [2.75, 3.05) is 25.1 Å². The van der Waals surface area contributed by atoms with Crippen LogP contribution in [0.3, 0.4) is 0 Å². The molecule has 1 fully saturated rings. The molecule has 0 amide bonds. The number of aromatic nitrogens is 4. The number of rotatable bonds is 6. The van der Waals surface area contributed by atoms with Gasteiger partial charge in [-0.25, -0.2) is 9.50 Å². The van der Waals surface area contributed by atoms with Gasteiger partial charge in [-0.05, 0) is 51.8 Å². The number of aliphatic imine (C=N–C) groups is 1. The Morgan fingerprint density at radius 3 is 2.82 bits per heavy atom. The van der Waals surface area contributed by atoms with Crippen LogP contribution >= 0.6 is 0 Å². The summed E-state index contributed by atoms with van der Waals surface area (Å²) in [6, 6.07) is 6.45. The standard InChI is InChI=1S/C24H31N7O2/c1-15-20(26-14-24(2,3)32)12-21-19(27-15)5-4-18(29-21)17-6-9-31-22(17)13-25-23(30-31)28-16-7-10-33-11-8-16/h4-6,9,13,16,20,26,32H,7-8,10-12,14H2,1-3H3,(H,28,30). The molecule has 174 valence electrons. The normalized spacial score (nSPS) is 19.4. The topological polar surface area (TPSA) is 109 Å². The lowest BCUT2D eigenvalue weighted by Gasteiger charge is -2.27. The van der Waals surface area contributed by atoms with E-state index in [1.165, 1.54) is 0 Å². The minimum atomic E-state index is -0.778. The van der Waals surface area contributed by atoms with Crippen molar-refractivity contribution in [3.63, 3.8) is 0 Å². The minimum absolute atomic E-state index is 0.0552. The highest BCUT2D eigenvalue weighted by atomic mass is 16.5. The van der Waals surface area contributed by atoms with Gasteiger partial charge in [0.05, 0.1) is 40.4 Å². The maximum Gasteiger partial charge on any atom is 0.241 e. The van der Waals surface area contributed by atoms with Crippen LogP contribution in [0.1, 0.15) is 39.3 Å². The van der Waals surface area contributed by atoms with E-state index >= 15 is 0 Å². The number of aliphatic hydroxyl groups is 1. The molecular weight excluding hydrogens is 418 g/mol. The lowest BCUT2D eigenvalue weighted by Crippen LogP contribution is -2.45. The quantitative estimate of drug-likeness (QED) is 0.531. The Morgan fingerprint density at radius 1 is 1.21 bits per heavy atom. The highest BCUT2D eigenvalue weighted by molar-refractivity contribution is 5.92. The molecule has 2 aliphatic rings. The molecule has 5 rings (SSSR count). The number of nitrogens with one attached hydrogen (secondary N) is 2. The second-order valence-electron chi connectivity index (χ2n) is 9.54. The van der Waals surface area contributed by atoms with Gasteiger partial charge >= 0.3 is 0 Å². The van der Waals surface area contributed by atoms with E-state index in [1.54, 1.807) is 13.8 Å². The zero-order chi connectivity index (χ0) is 23.0. The van der Waals surface area contributed by atoms with Crippen molar-refractivity contribution >= 4 is 22.9 Å². The van der Waals surface area contributed by atoms with Crippen LogP contribution in [0.2, 0.25) is 0 Å². The molecule has 1 atom stereocenters. The molecule has 0 aromatic carbocycles. The first-order valence-electron chi connectivity index (χ1n) is 11.6. The lowest BCUT2D eigenvalue weighted by atomic mass is 9.99. The van der Waals surface area contributed by atoms with Gasteiger partial charge in [-0.2, -0.15) is 0 Å². The summed E-state index contributed by atoms with van der Waals surface area (Å²) in [5.74, 6) is 0.625. The number of fused-ring (bicyclic) bond motifs is 2. The SMILES string of the molecule is CC1=Nc2ccc(-c3ccn4nc(NC5CCOCC5)ncc34)nc2CC1NCC(C)(C)O. The van der Waals surface area contributed by atoms with Crippen molar-refractivity contribution in [1.29, 1.82) is 0 Å². The summed E-state index contributed by atoms with van der Waals surface area (Å²) >= 11 is 0. The summed E-state index contributed by atoms with van der Waals surface area (Å²) in [7, 11) is 0. The number of nitrogens with zero attached hydrogens (tertiary/aromatic N) is 5. The largest absolute Gasteiger partial charge is 0.389 e. The maximum atomic E-state index is 10.1. The fourth-order valence-corrected chi connectivity index (χ4v) is 4.31. The molecule has 2 aliphatic heterocycles. The molecule has 3 aromatic rings. The van der Waals surface area contributed by atoms with E-state index in [-0.39, 0.29) is 6.04 Å². The maximum absolute atomic E-state index is 10.1. The highest BCUT2D eigenvalue weighted by Gasteiger charge is 2.24. The van der Waals surface area contributed by atoms with Crippen LogP contribution in [0.25, 0.3) is 16.8 Å². The summed E-state index contributed by atoms with van der Waals surface area (Å²) in [5, 5.41) is 21.5. The van der Waals surface area contributed by atoms with E-state index in [1.807, 2.05) is 42.0 Å². The van der Waals surface area contributed by atoms with E-state index in [2.05, 4.69) is 20.7 Å².